The molecule has 0 aliphatic carbocycles. The van der Waals surface area contributed by atoms with E-state index in [-0.39, 0.29) is 12.6 Å². The van der Waals surface area contributed by atoms with Crippen molar-refractivity contribution in [1.29, 1.82) is 0 Å². The van der Waals surface area contributed by atoms with Gasteiger partial charge in [-0.15, -0.1) is 0 Å². The van der Waals surface area contributed by atoms with E-state index in [2.05, 4.69) is 5.32 Å². The van der Waals surface area contributed by atoms with E-state index in [9.17, 15) is 0 Å². The van der Waals surface area contributed by atoms with Gasteiger partial charge in [0.2, 0.25) is 0 Å². The number of nitrogens with one attached hydrogen (secondary N) is 1. The van der Waals surface area contributed by atoms with E-state index in [1.165, 1.54) is 0 Å². The highest BCUT2D eigenvalue weighted by atomic mass is 16.7. The fourth-order valence-corrected chi connectivity index (χ4v) is 1.11. The quantitative estimate of drug-likeness (QED) is 0.547. The van der Waals surface area contributed by atoms with Gasteiger partial charge in [-0.2, -0.15) is 0 Å². The minimum absolute atomic E-state index is 0.214. The summed E-state index contributed by atoms with van der Waals surface area (Å²) in [7, 11) is 3.25. The number of hydrogen-bond donors (Lipinski definition) is 1. The summed E-state index contributed by atoms with van der Waals surface area (Å²) in [5, 5.41) is 3.16. The van der Waals surface area contributed by atoms with Crippen molar-refractivity contribution in [3.8, 4) is 0 Å². The van der Waals surface area contributed by atoms with Gasteiger partial charge in [-0.05, 0) is 13.8 Å². The van der Waals surface area contributed by atoms with Crippen LogP contribution in [0.1, 0.15) is 13.8 Å². The largest absolute Gasteiger partial charge is 0.355 e. The zero-order valence-corrected chi connectivity index (χ0v) is 10.1. The van der Waals surface area contributed by atoms with Crippen molar-refractivity contribution < 1.29 is 18.9 Å². The molecular weight excluding hydrogens is 198 g/mol. The Bertz CT molecular complexity index is 121. The number of hydrogen-bond acceptors (Lipinski definition) is 5. The maximum atomic E-state index is 5.30. The van der Waals surface area contributed by atoms with Crippen LogP contribution in [0.2, 0.25) is 0 Å². The molecule has 0 aromatic carbocycles. The van der Waals surface area contributed by atoms with Gasteiger partial charge >= 0.3 is 0 Å². The Morgan fingerprint density at radius 3 is 1.53 bits per heavy atom. The Morgan fingerprint density at radius 1 is 0.867 bits per heavy atom. The Kier molecular flexibility index (Phi) is 10.2. The highest BCUT2D eigenvalue weighted by Crippen LogP contribution is 1.93. The highest BCUT2D eigenvalue weighted by molar-refractivity contribution is 4.54. The van der Waals surface area contributed by atoms with Gasteiger partial charge in [0.05, 0.1) is 0 Å². The third-order valence-electron chi connectivity index (χ3n) is 1.85. The molecule has 15 heavy (non-hydrogen) atoms. The van der Waals surface area contributed by atoms with Gasteiger partial charge in [0, 0.05) is 40.5 Å². The van der Waals surface area contributed by atoms with Gasteiger partial charge < -0.3 is 24.3 Å². The van der Waals surface area contributed by atoms with Crippen LogP contribution in [0.3, 0.4) is 0 Å². The molecule has 0 bridgehead atoms. The summed E-state index contributed by atoms with van der Waals surface area (Å²) >= 11 is 0. The van der Waals surface area contributed by atoms with E-state index in [4.69, 9.17) is 18.9 Å². The van der Waals surface area contributed by atoms with Crippen molar-refractivity contribution in [1.82, 2.24) is 5.32 Å². The summed E-state index contributed by atoms with van der Waals surface area (Å²) in [6.07, 6.45) is -0.428. The second-order valence-corrected chi connectivity index (χ2v) is 2.90. The molecule has 0 radical (unpaired) electrons. The van der Waals surface area contributed by atoms with E-state index in [1.807, 2.05) is 13.8 Å². The Morgan fingerprint density at radius 2 is 1.27 bits per heavy atom. The molecule has 2 unspecified atom stereocenters. The zero-order chi connectivity index (χ0) is 11.5. The zero-order valence-electron chi connectivity index (χ0n) is 10.1. The molecule has 0 aliphatic heterocycles. The van der Waals surface area contributed by atoms with Crippen LogP contribution in [0.25, 0.3) is 0 Å². The second-order valence-electron chi connectivity index (χ2n) is 2.90. The molecule has 0 aliphatic rings. The van der Waals surface area contributed by atoms with Crippen molar-refractivity contribution in [2.75, 3.05) is 40.5 Å². The smallest absolute Gasteiger partial charge is 0.169 e. The SMILES string of the molecule is CCOC(CNCC(OC)OCC)OC. The molecule has 1 N–H and O–H groups in total. The van der Waals surface area contributed by atoms with Crippen LogP contribution >= 0.6 is 0 Å². The first-order chi connectivity index (χ1) is 7.28. The first kappa shape index (κ1) is 14.8. The van der Waals surface area contributed by atoms with Crippen LogP contribution in [0, 0.1) is 0 Å². The topological polar surface area (TPSA) is 49.0 Å². The first-order valence-electron chi connectivity index (χ1n) is 5.27. The minimum Gasteiger partial charge on any atom is -0.355 e. The van der Waals surface area contributed by atoms with Gasteiger partial charge in [-0.25, -0.2) is 0 Å². The summed E-state index contributed by atoms with van der Waals surface area (Å²) < 4.78 is 20.8. The second kappa shape index (κ2) is 10.3. The van der Waals surface area contributed by atoms with E-state index >= 15 is 0 Å². The number of rotatable bonds is 10. The first-order valence-corrected chi connectivity index (χ1v) is 5.27. The molecule has 0 fully saturated rings. The molecule has 0 heterocycles. The predicted molar refractivity (Wildman–Crippen MR) is 57.7 cm³/mol. The van der Waals surface area contributed by atoms with Crippen LogP contribution in [0.4, 0.5) is 0 Å². The van der Waals surface area contributed by atoms with Gasteiger partial charge in [0.15, 0.2) is 12.6 Å². The lowest BCUT2D eigenvalue weighted by molar-refractivity contribution is -0.132. The highest BCUT2D eigenvalue weighted by Gasteiger charge is 2.09. The standard InChI is InChI=1S/C10H23NO4/c1-5-14-9(12-3)7-11-8-10(13-4)15-6-2/h9-11H,5-8H2,1-4H3. The average molecular weight is 221 g/mol. The molecule has 0 aromatic heterocycles. The Hall–Kier alpha value is -0.200. The summed E-state index contributed by atoms with van der Waals surface area (Å²) in [4.78, 5) is 0. The van der Waals surface area contributed by atoms with Crippen LogP contribution in [-0.2, 0) is 18.9 Å². The lowest BCUT2D eigenvalue weighted by atomic mass is 10.5. The maximum Gasteiger partial charge on any atom is 0.169 e. The molecular formula is C10H23NO4. The van der Waals surface area contributed by atoms with E-state index in [1.54, 1.807) is 14.2 Å². The van der Waals surface area contributed by atoms with Gasteiger partial charge in [0.1, 0.15) is 0 Å². The Balaban J connectivity index is 3.55. The molecule has 0 saturated heterocycles. The van der Waals surface area contributed by atoms with Crippen molar-refractivity contribution in [2.24, 2.45) is 0 Å². The average Bonchev–Trinajstić information content (AvgIpc) is 2.26. The van der Waals surface area contributed by atoms with Gasteiger partial charge in [0.25, 0.3) is 0 Å². The van der Waals surface area contributed by atoms with Crippen molar-refractivity contribution in [3.63, 3.8) is 0 Å². The van der Waals surface area contributed by atoms with Gasteiger partial charge in [-0.1, -0.05) is 0 Å². The third kappa shape index (κ3) is 7.70. The molecule has 92 valence electrons. The molecule has 0 saturated carbocycles. The van der Waals surface area contributed by atoms with E-state index < -0.39 is 0 Å². The van der Waals surface area contributed by atoms with E-state index in [0.29, 0.717) is 26.3 Å². The van der Waals surface area contributed by atoms with Crippen molar-refractivity contribution in [2.45, 2.75) is 26.4 Å². The summed E-state index contributed by atoms with van der Waals surface area (Å²) in [6.45, 7) is 6.39. The molecule has 0 spiro atoms. The fraction of sp³-hybridized carbons (Fsp3) is 1.00. The van der Waals surface area contributed by atoms with Crippen molar-refractivity contribution >= 4 is 0 Å². The molecule has 0 aromatic rings. The molecule has 5 nitrogen and oxygen atoms in total. The van der Waals surface area contributed by atoms with E-state index in [0.717, 1.165) is 0 Å². The van der Waals surface area contributed by atoms with Crippen LogP contribution in [0.5, 0.6) is 0 Å². The number of ether oxygens (including phenoxy) is 4. The maximum absolute atomic E-state index is 5.30. The van der Waals surface area contributed by atoms with Crippen LogP contribution < -0.4 is 5.32 Å². The van der Waals surface area contributed by atoms with Crippen LogP contribution in [-0.4, -0.2) is 53.1 Å². The monoisotopic (exact) mass is 221 g/mol. The molecule has 0 rings (SSSR count). The summed E-state index contributed by atoms with van der Waals surface area (Å²) in [5.74, 6) is 0. The summed E-state index contributed by atoms with van der Waals surface area (Å²) in [6, 6.07) is 0. The Labute approximate surface area is 92.0 Å². The van der Waals surface area contributed by atoms with Crippen LogP contribution in [0.15, 0.2) is 0 Å². The molecule has 5 heteroatoms. The lowest BCUT2D eigenvalue weighted by Gasteiger charge is -2.19. The minimum atomic E-state index is -0.214. The third-order valence-corrected chi connectivity index (χ3v) is 1.85. The predicted octanol–water partition coefficient (Wildman–Crippen LogP) is 0.594. The van der Waals surface area contributed by atoms with Gasteiger partial charge in [-0.3, -0.25) is 0 Å². The number of methoxy groups -OCH3 is 2. The molecule has 0 amide bonds. The lowest BCUT2D eigenvalue weighted by Crippen LogP contribution is -2.37. The van der Waals surface area contributed by atoms with Crippen molar-refractivity contribution in [3.05, 3.63) is 0 Å². The molecule has 2 atom stereocenters. The normalized spacial score (nSPS) is 15.2. The fourth-order valence-electron chi connectivity index (χ4n) is 1.11. The summed E-state index contributed by atoms with van der Waals surface area (Å²) in [5.41, 5.74) is 0.